The van der Waals surface area contributed by atoms with E-state index >= 15 is 0 Å². The molecule has 0 aliphatic carbocycles. The van der Waals surface area contributed by atoms with Crippen LogP contribution in [0.25, 0.3) is 43.8 Å². The molecule has 0 aromatic heterocycles. The Kier molecular flexibility index (Phi) is 8.24. The highest BCUT2D eigenvalue weighted by molar-refractivity contribution is 6.23. The summed E-state index contributed by atoms with van der Waals surface area (Å²) in [5.74, 6) is 0. The van der Waals surface area contributed by atoms with Crippen LogP contribution in [0.1, 0.15) is 0 Å². The second-order valence-electron chi connectivity index (χ2n) is 13.0. The molecule has 0 aliphatic rings. The Morgan fingerprint density at radius 3 is 0.827 bits per heavy atom. The van der Waals surface area contributed by atoms with Crippen LogP contribution in [0.4, 0.5) is 34.1 Å². The molecule has 0 aliphatic heterocycles. The van der Waals surface area contributed by atoms with Crippen molar-refractivity contribution in [3.8, 4) is 22.3 Å². The second-order valence-corrected chi connectivity index (χ2v) is 13.0. The van der Waals surface area contributed by atoms with Crippen molar-refractivity contribution in [1.29, 1.82) is 0 Å². The van der Waals surface area contributed by atoms with Crippen molar-refractivity contribution in [2.45, 2.75) is 0 Å². The first-order chi connectivity index (χ1) is 25.8. The summed E-state index contributed by atoms with van der Waals surface area (Å²) in [6.07, 6.45) is 0. The van der Waals surface area contributed by atoms with Gasteiger partial charge in [-0.05, 0) is 70.8 Å². The number of para-hydroxylation sites is 2. The minimum absolute atomic E-state index is 1.10. The minimum Gasteiger partial charge on any atom is -0.309 e. The van der Waals surface area contributed by atoms with Gasteiger partial charge in [-0.3, -0.25) is 0 Å². The predicted octanol–water partition coefficient (Wildman–Crippen LogP) is 14.3. The number of nitrogens with zero attached hydrogens (tertiary/aromatic N) is 2. The van der Waals surface area contributed by atoms with Crippen LogP contribution in [-0.2, 0) is 0 Å². The Bertz CT molecular complexity index is 2380. The van der Waals surface area contributed by atoms with Gasteiger partial charge in [-0.2, -0.15) is 0 Å². The number of fused-ring (bicyclic) bond motifs is 2. The molecule has 2 nitrogen and oxygen atoms in total. The summed E-state index contributed by atoms with van der Waals surface area (Å²) in [5, 5.41) is 4.69. The SMILES string of the molecule is c1ccc(-c2cccc(N(c3ccccc3)c3c4ccccc4c(N(c4ccccc4)c4cccc(-c5ccccc5)c4)c4ccccc34)c2)cc1. The van der Waals surface area contributed by atoms with Crippen molar-refractivity contribution in [2.75, 3.05) is 9.80 Å². The topological polar surface area (TPSA) is 6.48 Å². The van der Waals surface area contributed by atoms with Crippen molar-refractivity contribution in [3.05, 3.63) is 218 Å². The van der Waals surface area contributed by atoms with E-state index in [1.54, 1.807) is 0 Å². The standard InChI is InChI=1S/C50H36N2/c1-5-19-37(20-6-1)39-23-17-29-43(35-39)51(41-25-9-3-10-26-41)49-45-31-13-15-33-47(45)50(48-34-16-14-32-46(48)49)52(42-27-11-4-12-28-42)44-30-18-24-40(36-44)38-21-7-2-8-22-38/h1-36H. The van der Waals surface area contributed by atoms with Crippen molar-refractivity contribution < 1.29 is 0 Å². The fourth-order valence-corrected chi connectivity index (χ4v) is 7.44. The fourth-order valence-electron chi connectivity index (χ4n) is 7.44. The maximum atomic E-state index is 2.43. The molecule has 0 unspecified atom stereocenters. The summed E-state index contributed by atoms with van der Waals surface area (Å²) in [5.41, 5.74) is 11.5. The van der Waals surface area contributed by atoms with Gasteiger partial charge in [0.05, 0.1) is 11.4 Å². The third-order valence-corrected chi connectivity index (χ3v) is 9.77. The largest absolute Gasteiger partial charge is 0.309 e. The van der Waals surface area contributed by atoms with Crippen LogP contribution < -0.4 is 9.80 Å². The molecule has 52 heavy (non-hydrogen) atoms. The van der Waals surface area contributed by atoms with Gasteiger partial charge in [0.25, 0.3) is 0 Å². The lowest BCUT2D eigenvalue weighted by Gasteiger charge is -2.33. The lowest BCUT2D eigenvalue weighted by molar-refractivity contribution is 1.29. The Balaban J connectivity index is 1.34. The van der Waals surface area contributed by atoms with E-state index in [0.717, 1.165) is 34.1 Å². The zero-order valence-corrected chi connectivity index (χ0v) is 28.7. The van der Waals surface area contributed by atoms with Gasteiger partial charge in [0.15, 0.2) is 0 Å². The lowest BCUT2D eigenvalue weighted by Crippen LogP contribution is -2.14. The van der Waals surface area contributed by atoms with Crippen LogP contribution in [0.15, 0.2) is 218 Å². The van der Waals surface area contributed by atoms with Crippen LogP contribution in [0, 0.1) is 0 Å². The Morgan fingerprint density at radius 2 is 0.481 bits per heavy atom. The first-order valence-corrected chi connectivity index (χ1v) is 17.8. The van der Waals surface area contributed by atoms with Gasteiger partial charge < -0.3 is 9.80 Å². The molecule has 0 spiro atoms. The highest BCUT2D eigenvalue weighted by Crippen LogP contribution is 2.51. The molecule has 0 fully saturated rings. The number of benzene rings is 9. The van der Waals surface area contributed by atoms with E-state index in [9.17, 15) is 0 Å². The summed E-state index contributed by atoms with van der Waals surface area (Å²) < 4.78 is 0. The summed E-state index contributed by atoms with van der Waals surface area (Å²) >= 11 is 0. The first-order valence-electron chi connectivity index (χ1n) is 17.8. The normalized spacial score (nSPS) is 11.1. The van der Waals surface area contributed by atoms with Gasteiger partial charge in [-0.1, -0.05) is 170 Å². The van der Waals surface area contributed by atoms with Crippen molar-refractivity contribution in [1.82, 2.24) is 0 Å². The smallest absolute Gasteiger partial charge is 0.0619 e. The average Bonchev–Trinajstić information content (AvgIpc) is 3.23. The maximum absolute atomic E-state index is 2.43. The van der Waals surface area contributed by atoms with E-state index in [2.05, 4.69) is 228 Å². The van der Waals surface area contributed by atoms with E-state index in [1.165, 1.54) is 43.8 Å². The van der Waals surface area contributed by atoms with E-state index in [-0.39, 0.29) is 0 Å². The average molecular weight is 665 g/mol. The molecule has 0 saturated heterocycles. The van der Waals surface area contributed by atoms with Gasteiger partial charge in [0.1, 0.15) is 0 Å². The molecule has 0 radical (unpaired) electrons. The molecule has 2 heteroatoms. The molecule has 0 atom stereocenters. The molecule has 0 heterocycles. The molecule has 9 aromatic carbocycles. The second kappa shape index (κ2) is 13.8. The number of anilines is 6. The molecule has 246 valence electrons. The molecular formula is C50H36N2. The Hall–Kier alpha value is -6.90. The number of hydrogen-bond acceptors (Lipinski definition) is 2. The van der Waals surface area contributed by atoms with Crippen LogP contribution >= 0.6 is 0 Å². The minimum atomic E-state index is 1.10. The molecule has 0 bridgehead atoms. The van der Waals surface area contributed by atoms with E-state index in [1.807, 2.05) is 0 Å². The lowest BCUT2D eigenvalue weighted by atomic mass is 9.95. The highest BCUT2D eigenvalue weighted by Gasteiger charge is 2.25. The van der Waals surface area contributed by atoms with Crippen molar-refractivity contribution in [3.63, 3.8) is 0 Å². The molecule has 9 aromatic rings. The van der Waals surface area contributed by atoms with Gasteiger partial charge in [0.2, 0.25) is 0 Å². The number of hydrogen-bond donors (Lipinski definition) is 0. The van der Waals surface area contributed by atoms with E-state index in [4.69, 9.17) is 0 Å². The van der Waals surface area contributed by atoms with Crippen LogP contribution in [0.3, 0.4) is 0 Å². The van der Waals surface area contributed by atoms with Crippen LogP contribution in [0.5, 0.6) is 0 Å². The van der Waals surface area contributed by atoms with Crippen LogP contribution in [-0.4, -0.2) is 0 Å². The summed E-state index contributed by atoms with van der Waals surface area (Å²) in [7, 11) is 0. The molecule has 0 N–H and O–H groups in total. The third-order valence-electron chi connectivity index (χ3n) is 9.77. The quantitative estimate of drug-likeness (QED) is 0.118. The zero-order chi connectivity index (χ0) is 34.7. The van der Waals surface area contributed by atoms with Crippen LogP contribution in [0.2, 0.25) is 0 Å². The zero-order valence-electron chi connectivity index (χ0n) is 28.7. The van der Waals surface area contributed by atoms with Crippen molar-refractivity contribution >= 4 is 55.7 Å². The molecular weight excluding hydrogens is 629 g/mol. The highest BCUT2D eigenvalue weighted by atomic mass is 15.2. The van der Waals surface area contributed by atoms with Crippen molar-refractivity contribution in [2.24, 2.45) is 0 Å². The van der Waals surface area contributed by atoms with Gasteiger partial charge >= 0.3 is 0 Å². The monoisotopic (exact) mass is 664 g/mol. The summed E-state index contributed by atoms with van der Waals surface area (Å²) in [4.78, 5) is 4.87. The summed E-state index contributed by atoms with van der Waals surface area (Å²) in [6.45, 7) is 0. The Labute approximate surface area is 305 Å². The predicted molar refractivity (Wildman–Crippen MR) is 222 cm³/mol. The maximum Gasteiger partial charge on any atom is 0.0619 e. The summed E-state index contributed by atoms with van der Waals surface area (Å²) in [6, 6.07) is 78.3. The first kappa shape index (κ1) is 31.1. The van der Waals surface area contributed by atoms with Gasteiger partial charge in [-0.15, -0.1) is 0 Å². The molecule has 0 amide bonds. The van der Waals surface area contributed by atoms with E-state index in [0.29, 0.717) is 0 Å². The van der Waals surface area contributed by atoms with Gasteiger partial charge in [0, 0.05) is 44.3 Å². The molecule has 9 rings (SSSR count). The van der Waals surface area contributed by atoms with Gasteiger partial charge in [-0.25, -0.2) is 0 Å². The number of rotatable bonds is 8. The third kappa shape index (κ3) is 5.77. The molecule has 0 saturated carbocycles. The van der Waals surface area contributed by atoms with E-state index < -0.39 is 0 Å². The fraction of sp³-hybridized carbons (Fsp3) is 0. The Morgan fingerprint density at radius 1 is 0.212 bits per heavy atom.